The van der Waals surface area contributed by atoms with Crippen molar-refractivity contribution < 1.29 is 19.7 Å². The van der Waals surface area contributed by atoms with E-state index in [0.29, 0.717) is 93.0 Å². The highest BCUT2D eigenvalue weighted by Crippen LogP contribution is 2.42. The summed E-state index contributed by atoms with van der Waals surface area (Å²) in [6.45, 7) is 8.43. The van der Waals surface area contributed by atoms with Gasteiger partial charge in [0, 0.05) is 48.4 Å². The Morgan fingerprint density at radius 1 is 0.659 bits per heavy atom. The number of halogens is 2. The zero-order valence-electron chi connectivity index (χ0n) is 25.7. The zero-order valence-corrected chi connectivity index (χ0v) is 27.2. The zero-order chi connectivity index (χ0) is 32.1. The van der Waals surface area contributed by atoms with E-state index < -0.39 is 11.2 Å². The number of ether oxygens (including phenoxy) is 2. The van der Waals surface area contributed by atoms with Crippen LogP contribution in [0.5, 0.6) is 11.8 Å². The van der Waals surface area contributed by atoms with E-state index in [1.807, 2.05) is 36.4 Å². The summed E-state index contributed by atoms with van der Waals surface area (Å²) in [5.74, 6) is 0.719. The van der Waals surface area contributed by atoms with Crippen molar-refractivity contribution in [2.75, 3.05) is 27.3 Å². The third kappa shape index (κ3) is 8.41. The summed E-state index contributed by atoms with van der Waals surface area (Å²) in [5, 5.41) is 27.2. The summed E-state index contributed by atoms with van der Waals surface area (Å²) in [5.41, 5.74) is 3.33. The number of benzene rings is 2. The van der Waals surface area contributed by atoms with Crippen LogP contribution < -0.4 is 20.1 Å². The first-order valence-corrected chi connectivity index (χ1v) is 14.8. The number of aliphatic hydroxyl groups is 2. The van der Waals surface area contributed by atoms with E-state index in [9.17, 15) is 10.2 Å². The number of hydrogen-bond acceptors (Lipinski definition) is 10. The van der Waals surface area contributed by atoms with Crippen LogP contribution in [-0.4, -0.2) is 68.7 Å². The lowest BCUT2D eigenvalue weighted by Crippen LogP contribution is -2.34. The molecule has 0 aliphatic carbocycles. The fourth-order valence-corrected chi connectivity index (χ4v) is 5.12. The average Bonchev–Trinajstić information content (AvgIpc) is 2.97. The maximum absolute atomic E-state index is 9.98. The van der Waals surface area contributed by atoms with E-state index >= 15 is 0 Å². The molecule has 0 atom stereocenters. The predicted molar refractivity (Wildman–Crippen MR) is 173 cm³/mol. The summed E-state index contributed by atoms with van der Waals surface area (Å²) in [6.07, 6.45) is 3.29. The van der Waals surface area contributed by atoms with E-state index in [0.717, 1.165) is 0 Å². The van der Waals surface area contributed by atoms with Crippen LogP contribution in [0.4, 0.5) is 0 Å². The number of rotatable bonds is 13. The van der Waals surface area contributed by atoms with Gasteiger partial charge >= 0.3 is 0 Å². The molecule has 10 nitrogen and oxygen atoms in total. The molecule has 0 amide bonds. The Bertz CT molecular complexity index is 1490. The molecule has 0 aliphatic rings. The summed E-state index contributed by atoms with van der Waals surface area (Å²) >= 11 is 14.0. The van der Waals surface area contributed by atoms with Crippen LogP contribution in [0.25, 0.3) is 33.6 Å². The van der Waals surface area contributed by atoms with Crippen LogP contribution in [0.1, 0.15) is 39.1 Å². The standard InChI is InChI=1S/C32H38Cl2N6O4/c1-31(2,41)17-35-13-25-29(43-5)39-23(15-37-25)21-11-7-9-19(27(21)33)20-10-8-12-22(28(20)34)24-16-38-26(30(40-24)44-6)14-36-18-32(3,4)42/h7-12,15-16,35-36,41-42H,13-14,17-18H2,1-6H3. The molecule has 12 heteroatoms. The second-order valence-corrected chi connectivity index (χ2v) is 12.3. The van der Waals surface area contributed by atoms with Gasteiger partial charge in [-0.1, -0.05) is 59.6 Å². The van der Waals surface area contributed by atoms with Crippen LogP contribution in [0.15, 0.2) is 48.8 Å². The minimum absolute atomic E-state index is 0.360. The van der Waals surface area contributed by atoms with Gasteiger partial charge in [0.05, 0.1) is 59.2 Å². The van der Waals surface area contributed by atoms with Gasteiger partial charge in [0.15, 0.2) is 0 Å². The molecule has 4 N–H and O–H groups in total. The Hall–Kier alpha value is -3.38. The quantitative estimate of drug-likeness (QED) is 0.152. The second-order valence-electron chi connectivity index (χ2n) is 11.6. The molecular formula is C32H38Cl2N6O4. The van der Waals surface area contributed by atoms with Crippen molar-refractivity contribution in [3.05, 3.63) is 70.2 Å². The monoisotopic (exact) mass is 640 g/mol. The van der Waals surface area contributed by atoms with Crippen molar-refractivity contribution in [2.45, 2.75) is 52.0 Å². The number of hydrogen-bond donors (Lipinski definition) is 4. The summed E-state index contributed by atoms with van der Waals surface area (Å²) in [4.78, 5) is 18.4. The van der Waals surface area contributed by atoms with Gasteiger partial charge in [0.25, 0.3) is 0 Å². The Balaban J connectivity index is 1.64. The maximum Gasteiger partial charge on any atom is 0.237 e. The van der Waals surface area contributed by atoms with Gasteiger partial charge in [-0.05, 0) is 27.7 Å². The Morgan fingerprint density at radius 3 is 1.36 bits per heavy atom. The molecule has 0 unspecified atom stereocenters. The summed E-state index contributed by atoms with van der Waals surface area (Å²) in [7, 11) is 3.07. The van der Waals surface area contributed by atoms with Crippen molar-refractivity contribution >= 4 is 23.2 Å². The van der Waals surface area contributed by atoms with Gasteiger partial charge < -0.3 is 30.3 Å². The van der Waals surface area contributed by atoms with Gasteiger partial charge in [-0.3, -0.25) is 9.97 Å². The molecule has 4 aromatic rings. The molecule has 4 rings (SSSR count). The number of nitrogens with zero attached hydrogens (tertiary/aromatic N) is 4. The predicted octanol–water partition coefficient (Wildman–Crippen LogP) is 5.31. The molecule has 0 saturated heterocycles. The maximum atomic E-state index is 9.98. The fraction of sp³-hybridized carbons (Fsp3) is 0.375. The molecule has 0 saturated carbocycles. The van der Waals surface area contributed by atoms with Crippen LogP contribution in [0, 0.1) is 0 Å². The SMILES string of the molecule is COc1nc(-c2cccc(-c3cccc(-c4cnc(CNCC(C)(C)O)c(OC)n4)c3Cl)c2Cl)cnc1CNCC(C)(C)O. The first-order valence-electron chi connectivity index (χ1n) is 14.1. The average molecular weight is 642 g/mol. The number of methoxy groups -OCH3 is 2. The van der Waals surface area contributed by atoms with Crippen LogP contribution in [0.3, 0.4) is 0 Å². The topological polar surface area (TPSA) is 135 Å². The Kier molecular flexibility index (Phi) is 10.8. The van der Waals surface area contributed by atoms with Crippen molar-refractivity contribution in [3.63, 3.8) is 0 Å². The molecule has 0 bridgehead atoms. The summed E-state index contributed by atoms with van der Waals surface area (Å²) < 4.78 is 11.0. The van der Waals surface area contributed by atoms with Crippen LogP contribution in [0.2, 0.25) is 10.0 Å². The molecule has 0 fully saturated rings. The van der Waals surface area contributed by atoms with Gasteiger partial charge in [-0.25, -0.2) is 9.97 Å². The fourth-order valence-electron chi connectivity index (χ4n) is 4.47. The molecule has 2 aromatic carbocycles. The minimum atomic E-state index is -0.856. The number of aromatic nitrogens is 4. The molecule has 0 aliphatic heterocycles. The Labute approximate surface area is 267 Å². The first kappa shape index (κ1) is 33.5. The summed E-state index contributed by atoms with van der Waals surface area (Å²) in [6, 6.07) is 11.3. The van der Waals surface area contributed by atoms with Gasteiger partial charge in [-0.15, -0.1) is 0 Å². The normalized spacial score (nSPS) is 12.0. The lowest BCUT2D eigenvalue weighted by Gasteiger charge is -2.18. The highest BCUT2D eigenvalue weighted by Gasteiger charge is 2.20. The highest BCUT2D eigenvalue weighted by molar-refractivity contribution is 6.39. The first-order chi connectivity index (χ1) is 20.8. The highest BCUT2D eigenvalue weighted by atomic mass is 35.5. The minimum Gasteiger partial charge on any atom is -0.480 e. The molecule has 44 heavy (non-hydrogen) atoms. The molecule has 2 heterocycles. The molecule has 0 radical (unpaired) electrons. The lowest BCUT2D eigenvalue weighted by atomic mass is 9.98. The van der Waals surface area contributed by atoms with Crippen molar-refractivity contribution in [1.29, 1.82) is 0 Å². The molecular weight excluding hydrogens is 603 g/mol. The Morgan fingerprint density at radius 2 is 1.02 bits per heavy atom. The third-order valence-electron chi connectivity index (χ3n) is 6.55. The van der Waals surface area contributed by atoms with E-state index in [1.54, 1.807) is 40.1 Å². The van der Waals surface area contributed by atoms with Gasteiger partial charge in [0.1, 0.15) is 11.4 Å². The largest absolute Gasteiger partial charge is 0.480 e. The van der Waals surface area contributed by atoms with E-state index in [2.05, 4.69) is 30.6 Å². The van der Waals surface area contributed by atoms with E-state index in [4.69, 9.17) is 32.7 Å². The second kappa shape index (κ2) is 14.2. The lowest BCUT2D eigenvalue weighted by molar-refractivity contribution is 0.0787. The van der Waals surface area contributed by atoms with Crippen LogP contribution in [-0.2, 0) is 13.1 Å². The number of nitrogens with one attached hydrogen (secondary N) is 2. The van der Waals surface area contributed by atoms with Crippen molar-refractivity contribution in [1.82, 2.24) is 30.6 Å². The van der Waals surface area contributed by atoms with E-state index in [1.165, 1.54) is 14.2 Å². The van der Waals surface area contributed by atoms with Crippen LogP contribution >= 0.6 is 23.2 Å². The van der Waals surface area contributed by atoms with Crippen molar-refractivity contribution in [3.8, 4) is 45.4 Å². The third-order valence-corrected chi connectivity index (χ3v) is 7.36. The van der Waals surface area contributed by atoms with Gasteiger partial charge in [-0.2, -0.15) is 0 Å². The van der Waals surface area contributed by atoms with Gasteiger partial charge in [0.2, 0.25) is 11.8 Å². The van der Waals surface area contributed by atoms with E-state index in [-0.39, 0.29) is 0 Å². The van der Waals surface area contributed by atoms with Crippen molar-refractivity contribution in [2.24, 2.45) is 0 Å². The molecule has 234 valence electrons. The molecule has 0 spiro atoms. The molecule has 2 aromatic heterocycles. The smallest absolute Gasteiger partial charge is 0.237 e.